The van der Waals surface area contributed by atoms with E-state index < -0.39 is 15.9 Å². The second kappa shape index (κ2) is 3.93. The van der Waals surface area contributed by atoms with Gasteiger partial charge in [-0.3, -0.25) is 9.48 Å². The minimum Gasteiger partial charge on any atom is -0.275 e. The molecule has 6 nitrogen and oxygen atoms in total. The third-order valence-corrected chi connectivity index (χ3v) is 8.46. The van der Waals surface area contributed by atoms with Gasteiger partial charge in [-0.15, -0.1) is 0 Å². The number of aromatic nitrogens is 2. The molecule has 4 rings (SSSR count). The number of aryl methyl sites for hydroxylation is 1. The lowest BCUT2D eigenvalue weighted by molar-refractivity contribution is 0.0701. The Hall–Kier alpha value is -1.37. The summed E-state index contributed by atoms with van der Waals surface area (Å²) < 4.78 is 28.2. The van der Waals surface area contributed by atoms with Crippen LogP contribution in [0.15, 0.2) is 12.4 Å². The molecule has 120 valence electrons. The third-order valence-electron chi connectivity index (χ3n) is 6.56. The van der Waals surface area contributed by atoms with Gasteiger partial charge in [0.15, 0.2) is 0 Å². The number of amides is 1. The van der Waals surface area contributed by atoms with Gasteiger partial charge in [0.1, 0.15) is 0 Å². The molecule has 2 aliphatic carbocycles. The molecule has 0 N–H and O–H groups in total. The van der Waals surface area contributed by atoms with Crippen molar-refractivity contribution in [2.75, 3.05) is 5.75 Å². The van der Waals surface area contributed by atoms with E-state index in [1.54, 1.807) is 13.2 Å². The molecule has 7 heteroatoms. The quantitative estimate of drug-likeness (QED) is 0.783. The van der Waals surface area contributed by atoms with Gasteiger partial charge < -0.3 is 0 Å². The molecule has 1 saturated heterocycles. The maximum absolute atomic E-state index is 12.8. The molecule has 3 atom stereocenters. The Morgan fingerprint density at radius 2 is 2.14 bits per heavy atom. The summed E-state index contributed by atoms with van der Waals surface area (Å²) in [6, 6.07) is -0.182. The van der Waals surface area contributed by atoms with Crippen LogP contribution in [0.1, 0.15) is 43.5 Å². The summed E-state index contributed by atoms with van der Waals surface area (Å²) in [7, 11) is -1.83. The van der Waals surface area contributed by atoms with Crippen molar-refractivity contribution in [1.82, 2.24) is 14.1 Å². The Morgan fingerprint density at radius 3 is 2.73 bits per heavy atom. The van der Waals surface area contributed by atoms with Gasteiger partial charge in [0.05, 0.1) is 23.6 Å². The number of carbonyl (C=O) groups excluding carboxylic acids is 1. The van der Waals surface area contributed by atoms with Crippen molar-refractivity contribution in [3.05, 3.63) is 18.0 Å². The highest BCUT2D eigenvalue weighted by Crippen LogP contribution is 2.70. The van der Waals surface area contributed by atoms with E-state index in [9.17, 15) is 13.2 Å². The average molecular weight is 323 g/mol. The normalized spacial score (nSPS) is 37.5. The Kier molecular flexibility index (Phi) is 2.54. The average Bonchev–Trinajstić information content (AvgIpc) is 3.06. The predicted molar refractivity (Wildman–Crippen MR) is 80.5 cm³/mol. The van der Waals surface area contributed by atoms with Gasteiger partial charge >= 0.3 is 0 Å². The first-order valence-corrected chi connectivity index (χ1v) is 9.35. The van der Waals surface area contributed by atoms with Gasteiger partial charge in [0, 0.05) is 18.7 Å². The summed E-state index contributed by atoms with van der Waals surface area (Å²) >= 11 is 0. The number of hydrogen-bond donors (Lipinski definition) is 0. The van der Waals surface area contributed by atoms with Crippen molar-refractivity contribution >= 4 is 15.9 Å². The second-order valence-corrected chi connectivity index (χ2v) is 9.47. The van der Waals surface area contributed by atoms with Crippen molar-refractivity contribution in [2.45, 2.75) is 39.2 Å². The maximum Gasteiger partial charge on any atom is 0.270 e. The Morgan fingerprint density at radius 1 is 1.41 bits per heavy atom. The molecule has 2 heterocycles. The number of carbonyl (C=O) groups is 1. The monoisotopic (exact) mass is 323 g/mol. The lowest BCUT2D eigenvalue weighted by atomic mass is 9.69. The zero-order chi connectivity index (χ0) is 15.9. The van der Waals surface area contributed by atoms with Crippen LogP contribution in [0.5, 0.6) is 0 Å². The van der Waals surface area contributed by atoms with Crippen molar-refractivity contribution < 1.29 is 13.2 Å². The first-order valence-electron chi connectivity index (χ1n) is 7.74. The maximum atomic E-state index is 12.8. The molecule has 1 aromatic heterocycles. The van der Waals surface area contributed by atoms with E-state index in [2.05, 4.69) is 18.9 Å². The number of sulfonamides is 1. The van der Waals surface area contributed by atoms with Crippen molar-refractivity contribution in [3.8, 4) is 0 Å². The first-order chi connectivity index (χ1) is 10.2. The molecule has 1 aromatic rings. The molecule has 3 aliphatic rings. The summed E-state index contributed by atoms with van der Waals surface area (Å²) in [4.78, 5) is 12.8. The highest BCUT2D eigenvalue weighted by molar-refractivity contribution is 7.90. The van der Waals surface area contributed by atoms with Crippen molar-refractivity contribution in [3.63, 3.8) is 0 Å². The smallest absolute Gasteiger partial charge is 0.270 e. The molecule has 0 aromatic carbocycles. The van der Waals surface area contributed by atoms with Crippen LogP contribution in [0.25, 0.3) is 0 Å². The van der Waals surface area contributed by atoms with Crippen LogP contribution in [-0.2, 0) is 17.1 Å². The minimum absolute atomic E-state index is 0.0191. The van der Waals surface area contributed by atoms with E-state index in [1.807, 2.05) is 0 Å². The van der Waals surface area contributed by atoms with Gasteiger partial charge in [-0.25, -0.2) is 12.7 Å². The van der Waals surface area contributed by atoms with Gasteiger partial charge in [-0.1, -0.05) is 13.8 Å². The molecule has 3 fully saturated rings. The van der Waals surface area contributed by atoms with Gasteiger partial charge in [0.2, 0.25) is 10.0 Å². The molecule has 0 unspecified atom stereocenters. The van der Waals surface area contributed by atoms with Crippen molar-refractivity contribution in [1.29, 1.82) is 0 Å². The second-order valence-electron chi connectivity index (χ2n) is 7.62. The lowest BCUT2D eigenvalue weighted by Crippen LogP contribution is -2.44. The third kappa shape index (κ3) is 1.48. The molecule has 1 aliphatic heterocycles. The summed E-state index contributed by atoms with van der Waals surface area (Å²) in [5.41, 5.74) is 0.0620. The zero-order valence-corrected chi connectivity index (χ0v) is 13.9. The number of hydrogen-bond acceptors (Lipinski definition) is 4. The summed E-state index contributed by atoms with van der Waals surface area (Å²) in [5, 5.41) is 3.99. The first kappa shape index (κ1) is 14.2. The predicted octanol–water partition coefficient (Wildman–Crippen LogP) is 1.40. The Bertz CT molecular complexity index is 767. The van der Waals surface area contributed by atoms with Crippen LogP contribution in [-0.4, -0.2) is 40.2 Å². The minimum atomic E-state index is -3.55. The number of rotatable bonds is 1. The van der Waals surface area contributed by atoms with Gasteiger partial charge in [0.25, 0.3) is 5.91 Å². The van der Waals surface area contributed by atoms with E-state index in [4.69, 9.17) is 0 Å². The standard InChI is InChI=1S/C15H21N3O3S/c1-14(2)11-4-5-15(14)9-22(20,21)18(12(15)6-11)13(19)10-7-16-17(3)8-10/h7-8,11-12H,4-6,9H2,1-3H3/t11-,12-,15-/m1/s1. The van der Waals surface area contributed by atoms with Gasteiger partial charge in [-0.05, 0) is 30.6 Å². The molecule has 1 amide bonds. The fourth-order valence-electron chi connectivity index (χ4n) is 5.22. The van der Waals surface area contributed by atoms with Crippen LogP contribution in [0.3, 0.4) is 0 Å². The van der Waals surface area contributed by atoms with Crippen LogP contribution in [0, 0.1) is 16.7 Å². The van der Waals surface area contributed by atoms with Crippen LogP contribution < -0.4 is 0 Å². The molecule has 1 spiro atoms. The summed E-state index contributed by atoms with van der Waals surface area (Å²) in [6.07, 6.45) is 5.82. The van der Waals surface area contributed by atoms with E-state index in [0.717, 1.165) is 19.3 Å². The van der Waals surface area contributed by atoms with Gasteiger partial charge in [-0.2, -0.15) is 5.10 Å². The lowest BCUT2D eigenvalue weighted by Gasteiger charge is -2.37. The molecular weight excluding hydrogens is 302 g/mol. The van der Waals surface area contributed by atoms with Crippen LogP contribution in [0.2, 0.25) is 0 Å². The van der Waals surface area contributed by atoms with E-state index in [0.29, 0.717) is 11.5 Å². The fraction of sp³-hybridized carbons (Fsp3) is 0.733. The van der Waals surface area contributed by atoms with E-state index >= 15 is 0 Å². The molecule has 2 bridgehead atoms. The van der Waals surface area contributed by atoms with Crippen molar-refractivity contribution in [2.24, 2.45) is 23.8 Å². The van der Waals surface area contributed by atoms with E-state index in [-0.39, 0.29) is 22.6 Å². The van der Waals surface area contributed by atoms with Crippen LogP contribution >= 0.6 is 0 Å². The highest BCUT2D eigenvalue weighted by Gasteiger charge is 2.72. The van der Waals surface area contributed by atoms with Crippen LogP contribution in [0.4, 0.5) is 0 Å². The topological polar surface area (TPSA) is 72.3 Å². The highest BCUT2D eigenvalue weighted by atomic mass is 32.2. The number of fused-ring (bicyclic) bond motifs is 1. The van der Waals surface area contributed by atoms with E-state index in [1.165, 1.54) is 15.2 Å². The SMILES string of the molecule is Cn1cc(C(=O)N2[C@@H]3C[C@H]4CC[C@]3(CS2(=O)=O)C4(C)C)cn1. The Labute approximate surface area is 130 Å². The summed E-state index contributed by atoms with van der Waals surface area (Å²) in [5.74, 6) is 0.204. The molecule has 22 heavy (non-hydrogen) atoms. The summed E-state index contributed by atoms with van der Waals surface area (Å²) in [6.45, 7) is 4.36. The fourth-order valence-corrected chi connectivity index (χ4v) is 7.75. The molecule has 0 radical (unpaired) electrons. The molecule has 2 saturated carbocycles. The molecular formula is C15H21N3O3S. The zero-order valence-electron chi connectivity index (χ0n) is 13.1. The number of nitrogens with zero attached hydrogens (tertiary/aromatic N) is 3. The Balaban J connectivity index is 1.80. The largest absolute Gasteiger partial charge is 0.275 e.